The number of aliphatic imine (C=N–C) groups is 1. The van der Waals surface area contributed by atoms with Crippen LogP contribution in [0.1, 0.15) is 18.1 Å². The van der Waals surface area contributed by atoms with E-state index in [1.54, 1.807) is 6.34 Å². The average molecular weight is 299 g/mol. The number of nitrogens with zero attached hydrogens (tertiary/aromatic N) is 2. The van der Waals surface area contributed by atoms with Gasteiger partial charge in [-0.05, 0) is 50.1 Å². The molecule has 22 heavy (non-hydrogen) atoms. The van der Waals surface area contributed by atoms with Crippen molar-refractivity contribution in [3.8, 4) is 0 Å². The molecule has 0 saturated carbocycles. The van der Waals surface area contributed by atoms with Crippen LogP contribution < -0.4 is 5.32 Å². The van der Waals surface area contributed by atoms with Gasteiger partial charge < -0.3 is 10.2 Å². The van der Waals surface area contributed by atoms with Crippen molar-refractivity contribution in [3.63, 3.8) is 0 Å². The molecule has 0 amide bonds. The lowest BCUT2D eigenvalue weighted by Crippen LogP contribution is -2.14. The molecule has 2 aromatic rings. The predicted molar refractivity (Wildman–Crippen MR) is 92.1 cm³/mol. The maximum absolute atomic E-state index is 13.9. The third kappa shape index (κ3) is 3.85. The summed E-state index contributed by atoms with van der Waals surface area (Å²) >= 11 is 0. The molecule has 4 heteroatoms. The van der Waals surface area contributed by atoms with E-state index in [4.69, 9.17) is 0 Å². The molecule has 2 rings (SSSR count). The molecule has 2 aromatic carbocycles. The topological polar surface area (TPSA) is 27.6 Å². The number of nitrogens with one attached hydrogen (secondary N) is 1. The van der Waals surface area contributed by atoms with E-state index in [0.717, 1.165) is 29.0 Å². The quantitative estimate of drug-likeness (QED) is 0.634. The summed E-state index contributed by atoms with van der Waals surface area (Å²) in [6.07, 6.45) is 1.72. The van der Waals surface area contributed by atoms with Crippen LogP contribution in [-0.2, 0) is 0 Å². The maximum Gasteiger partial charge on any atom is 0.127 e. The Hall–Kier alpha value is -2.36. The minimum Gasteiger partial charge on any atom is -0.366 e. The van der Waals surface area contributed by atoms with Crippen molar-refractivity contribution in [2.75, 3.05) is 18.9 Å². The normalized spacial score (nSPS) is 11.0. The first kappa shape index (κ1) is 16.0. The molecule has 0 bridgehead atoms. The molecular weight excluding hydrogens is 277 g/mol. The largest absolute Gasteiger partial charge is 0.366 e. The summed E-state index contributed by atoms with van der Waals surface area (Å²) in [5, 5.41) is 3.30. The van der Waals surface area contributed by atoms with Gasteiger partial charge in [-0.2, -0.15) is 0 Å². The van der Waals surface area contributed by atoms with Crippen LogP contribution in [-0.4, -0.2) is 24.8 Å². The lowest BCUT2D eigenvalue weighted by molar-refractivity contribution is 0.552. The summed E-state index contributed by atoms with van der Waals surface area (Å²) in [6.45, 7) is 6.85. The average Bonchev–Trinajstić information content (AvgIpc) is 2.50. The van der Waals surface area contributed by atoms with Crippen LogP contribution in [0.5, 0.6) is 0 Å². The Labute approximate surface area is 131 Å². The number of para-hydroxylation sites is 1. The Kier molecular flexibility index (Phi) is 5.15. The molecule has 1 N–H and O–H groups in total. The molecule has 0 saturated heterocycles. The van der Waals surface area contributed by atoms with E-state index in [1.165, 1.54) is 12.1 Å². The van der Waals surface area contributed by atoms with Crippen molar-refractivity contribution in [3.05, 3.63) is 53.3 Å². The zero-order valence-corrected chi connectivity index (χ0v) is 13.5. The van der Waals surface area contributed by atoms with Crippen molar-refractivity contribution in [1.29, 1.82) is 0 Å². The summed E-state index contributed by atoms with van der Waals surface area (Å²) in [4.78, 5) is 6.33. The number of benzene rings is 2. The number of halogens is 1. The number of hydrogen-bond acceptors (Lipinski definition) is 2. The fourth-order valence-corrected chi connectivity index (χ4v) is 2.03. The first-order chi connectivity index (χ1) is 10.5. The molecule has 0 aliphatic rings. The number of hydrogen-bond donors (Lipinski definition) is 1. The van der Waals surface area contributed by atoms with Crippen LogP contribution in [0.15, 0.2) is 41.4 Å². The van der Waals surface area contributed by atoms with Crippen LogP contribution in [0.4, 0.5) is 21.5 Å². The van der Waals surface area contributed by atoms with Gasteiger partial charge in [-0.3, -0.25) is 0 Å². The number of rotatable bonds is 5. The maximum atomic E-state index is 13.9. The molecule has 0 aliphatic carbocycles. The molecule has 0 radical (unpaired) electrons. The standard InChI is InChI=1S/C18H22FN3/c1-5-22(4)12-20-17-10-15(19)11-18(14(17)3)21-16-9-7-6-8-13(16)2/h6-12,21H,5H2,1-4H3. The second kappa shape index (κ2) is 7.07. The Morgan fingerprint density at radius 3 is 2.59 bits per heavy atom. The summed E-state index contributed by atoms with van der Waals surface area (Å²) < 4.78 is 13.9. The van der Waals surface area contributed by atoms with Gasteiger partial charge in [-0.15, -0.1) is 0 Å². The predicted octanol–water partition coefficient (Wildman–Crippen LogP) is 4.80. The van der Waals surface area contributed by atoms with E-state index in [2.05, 4.69) is 10.3 Å². The number of aryl methyl sites for hydroxylation is 1. The molecule has 0 unspecified atom stereocenters. The lowest BCUT2D eigenvalue weighted by atomic mass is 10.1. The molecule has 0 atom stereocenters. The van der Waals surface area contributed by atoms with Gasteiger partial charge in [-0.1, -0.05) is 18.2 Å². The van der Waals surface area contributed by atoms with Crippen molar-refractivity contribution in [2.45, 2.75) is 20.8 Å². The molecule has 0 aromatic heterocycles. The lowest BCUT2D eigenvalue weighted by Gasteiger charge is -2.14. The molecule has 116 valence electrons. The van der Waals surface area contributed by atoms with Crippen molar-refractivity contribution >= 4 is 23.4 Å². The second-order valence-corrected chi connectivity index (χ2v) is 5.36. The van der Waals surface area contributed by atoms with Crippen molar-refractivity contribution in [1.82, 2.24) is 4.90 Å². The summed E-state index contributed by atoms with van der Waals surface area (Å²) in [5.41, 5.74) is 4.38. The van der Waals surface area contributed by atoms with Crippen LogP contribution in [0.2, 0.25) is 0 Å². The third-order valence-electron chi connectivity index (χ3n) is 3.65. The summed E-state index contributed by atoms with van der Waals surface area (Å²) in [7, 11) is 1.94. The SMILES string of the molecule is CCN(C)C=Nc1cc(F)cc(Nc2ccccc2C)c1C. The molecule has 0 heterocycles. The first-order valence-corrected chi connectivity index (χ1v) is 7.38. The van der Waals surface area contributed by atoms with Crippen LogP contribution in [0.25, 0.3) is 0 Å². The molecule has 0 spiro atoms. The second-order valence-electron chi connectivity index (χ2n) is 5.36. The van der Waals surface area contributed by atoms with E-state index < -0.39 is 0 Å². The van der Waals surface area contributed by atoms with Gasteiger partial charge in [0.05, 0.1) is 12.0 Å². The highest BCUT2D eigenvalue weighted by atomic mass is 19.1. The third-order valence-corrected chi connectivity index (χ3v) is 3.65. The van der Waals surface area contributed by atoms with E-state index in [0.29, 0.717) is 5.69 Å². The minimum absolute atomic E-state index is 0.298. The molecular formula is C18H22FN3. The van der Waals surface area contributed by atoms with Crippen LogP contribution >= 0.6 is 0 Å². The smallest absolute Gasteiger partial charge is 0.127 e. The van der Waals surface area contributed by atoms with Gasteiger partial charge in [0, 0.05) is 25.0 Å². The fraction of sp³-hybridized carbons (Fsp3) is 0.278. The van der Waals surface area contributed by atoms with E-state index in [-0.39, 0.29) is 5.82 Å². The Morgan fingerprint density at radius 2 is 1.91 bits per heavy atom. The molecule has 0 fully saturated rings. The monoisotopic (exact) mass is 299 g/mol. The van der Waals surface area contributed by atoms with Gasteiger partial charge in [0.1, 0.15) is 5.82 Å². The minimum atomic E-state index is -0.298. The molecule has 0 aliphatic heterocycles. The van der Waals surface area contributed by atoms with E-state index in [9.17, 15) is 4.39 Å². The highest BCUT2D eigenvalue weighted by molar-refractivity contribution is 5.73. The molecule has 3 nitrogen and oxygen atoms in total. The van der Waals surface area contributed by atoms with Crippen molar-refractivity contribution < 1.29 is 4.39 Å². The van der Waals surface area contributed by atoms with Gasteiger partial charge in [0.2, 0.25) is 0 Å². The van der Waals surface area contributed by atoms with Crippen molar-refractivity contribution in [2.24, 2.45) is 4.99 Å². The van der Waals surface area contributed by atoms with Gasteiger partial charge in [0.15, 0.2) is 0 Å². The Bertz CT molecular complexity index is 680. The number of anilines is 2. The van der Waals surface area contributed by atoms with Crippen LogP contribution in [0.3, 0.4) is 0 Å². The summed E-state index contributed by atoms with van der Waals surface area (Å²) in [5.74, 6) is -0.298. The van der Waals surface area contributed by atoms with Gasteiger partial charge in [-0.25, -0.2) is 9.38 Å². The first-order valence-electron chi connectivity index (χ1n) is 7.38. The Morgan fingerprint density at radius 1 is 1.18 bits per heavy atom. The highest BCUT2D eigenvalue weighted by Gasteiger charge is 2.08. The fourth-order valence-electron chi connectivity index (χ4n) is 2.03. The van der Waals surface area contributed by atoms with E-state index in [1.807, 2.05) is 57.0 Å². The van der Waals surface area contributed by atoms with Crippen LogP contribution in [0, 0.1) is 19.7 Å². The van der Waals surface area contributed by atoms with Gasteiger partial charge in [0.25, 0.3) is 0 Å². The zero-order chi connectivity index (χ0) is 16.1. The zero-order valence-electron chi connectivity index (χ0n) is 13.5. The Balaban J connectivity index is 2.35. The summed E-state index contributed by atoms with van der Waals surface area (Å²) in [6, 6.07) is 10.9. The van der Waals surface area contributed by atoms with Gasteiger partial charge >= 0.3 is 0 Å². The highest BCUT2D eigenvalue weighted by Crippen LogP contribution is 2.30. The van der Waals surface area contributed by atoms with E-state index >= 15 is 0 Å².